The topological polar surface area (TPSA) is 64.6 Å². The molecule has 0 aliphatic heterocycles. The van der Waals surface area contributed by atoms with Gasteiger partial charge in [-0.2, -0.15) is 0 Å². The predicted molar refractivity (Wildman–Crippen MR) is 94.1 cm³/mol. The SMILES string of the molecule is COc1cc(C=O)ccc1OCC(=O)NC1CCCc2ccccc21. The molecule has 0 fully saturated rings. The highest BCUT2D eigenvalue weighted by Crippen LogP contribution is 2.30. The lowest BCUT2D eigenvalue weighted by Crippen LogP contribution is -2.34. The van der Waals surface area contributed by atoms with Crippen molar-refractivity contribution in [2.75, 3.05) is 13.7 Å². The van der Waals surface area contributed by atoms with Crippen LogP contribution in [0.15, 0.2) is 42.5 Å². The zero-order valence-electron chi connectivity index (χ0n) is 14.2. The highest BCUT2D eigenvalue weighted by atomic mass is 16.5. The molecule has 130 valence electrons. The maximum absolute atomic E-state index is 12.3. The lowest BCUT2D eigenvalue weighted by Gasteiger charge is -2.26. The van der Waals surface area contributed by atoms with Crippen LogP contribution in [0.5, 0.6) is 11.5 Å². The van der Waals surface area contributed by atoms with E-state index < -0.39 is 0 Å². The van der Waals surface area contributed by atoms with Crippen LogP contribution < -0.4 is 14.8 Å². The van der Waals surface area contributed by atoms with Crippen molar-refractivity contribution in [1.29, 1.82) is 0 Å². The molecule has 1 aliphatic rings. The Morgan fingerprint density at radius 3 is 2.88 bits per heavy atom. The zero-order valence-corrected chi connectivity index (χ0v) is 14.2. The summed E-state index contributed by atoms with van der Waals surface area (Å²) in [5.41, 5.74) is 2.98. The number of ether oxygens (including phenoxy) is 2. The molecular weight excluding hydrogens is 318 g/mol. The van der Waals surface area contributed by atoms with E-state index in [4.69, 9.17) is 9.47 Å². The van der Waals surface area contributed by atoms with Gasteiger partial charge in [-0.25, -0.2) is 0 Å². The first-order chi connectivity index (χ1) is 12.2. The molecule has 1 unspecified atom stereocenters. The maximum atomic E-state index is 12.3. The number of fused-ring (bicyclic) bond motifs is 1. The molecule has 0 radical (unpaired) electrons. The van der Waals surface area contributed by atoms with Gasteiger partial charge in [-0.15, -0.1) is 0 Å². The number of benzene rings is 2. The third-order valence-electron chi connectivity index (χ3n) is 4.39. The molecule has 0 aromatic heterocycles. The Balaban J connectivity index is 1.62. The number of carbonyl (C=O) groups is 2. The summed E-state index contributed by atoms with van der Waals surface area (Å²) in [4.78, 5) is 23.1. The van der Waals surface area contributed by atoms with Crippen LogP contribution in [-0.4, -0.2) is 25.9 Å². The van der Waals surface area contributed by atoms with Crippen molar-refractivity contribution in [3.8, 4) is 11.5 Å². The zero-order chi connectivity index (χ0) is 17.6. The van der Waals surface area contributed by atoms with Crippen LogP contribution >= 0.6 is 0 Å². The van der Waals surface area contributed by atoms with Gasteiger partial charge < -0.3 is 14.8 Å². The molecule has 5 nitrogen and oxygen atoms in total. The van der Waals surface area contributed by atoms with Gasteiger partial charge >= 0.3 is 0 Å². The monoisotopic (exact) mass is 339 g/mol. The summed E-state index contributed by atoms with van der Waals surface area (Å²) in [5.74, 6) is 0.691. The fraction of sp³-hybridized carbons (Fsp3) is 0.300. The van der Waals surface area contributed by atoms with E-state index in [0.717, 1.165) is 25.5 Å². The third-order valence-corrected chi connectivity index (χ3v) is 4.39. The Bertz CT molecular complexity index is 772. The summed E-state index contributed by atoms with van der Waals surface area (Å²) in [6.45, 7) is -0.102. The number of amides is 1. The Labute approximate surface area is 147 Å². The third kappa shape index (κ3) is 3.99. The van der Waals surface area contributed by atoms with Crippen molar-refractivity contribution >= 4 is 12.2 Å². The number of carbonyl (C=O) groups excluding carboxylic acids is 2. The first-order valence-corrected chi connectivity index (χ1v) is 8.34. The second-order valence-electron chi connectivity index (χ2n) is 6.03. The van der Waals surface area contributed by atoms with Gasteiger partial charge in [0, 0.05) is 5.56 Å². The van der Waals surface area contributed by atoms with E-state index in [2.05, 4.69) is 17.4 Å². The molecule has 2 aromatic rings. The summed E-state index contributed by atoms with van der Waals surface area (Å²) in [6, 6.07) is 13.1. The predicted octanol–water partition coefficient (Wildman–Crippen LogP) is 3.08. The molecular formula is C20H21NO4. The van der Waals surface area contributed by atoms with Gasteiger partial charge in [0.15, 0.2) is 18.1 Å². The first-order valence-electron chi connectivity index (χ1n) is 8.34. The van der Waals surface area contributed by atoms with Crippen molar-refractivity contribution in [3.63, 3.8) is 0 Å². The number of rotatable bonds is 6. The number of aldehydes is 1. The first kappa shape index (κ1) is 17.0. The molecule has 0 bridgehead atoms. The molecule has 25 heavy (non-hydrogen) atoms. The van der Waals surface area contributed by atoms with Crippen LogP contribution in [0.4, 0.5) is 0 Å². The number of methoxy groups -OCH3 is 1. The Morgan fingerprint density at radius 2 is 2.08 bits per heavy atom. The highest BCUT2D eigenvalue weighted by molar-refractivity contribution is 5.79. The minimum absolute atomic E-state index is 0.0281. The standard InChI is InChI=1S/C20H21NO4/c1-24-19-11-14(12-22)9-10-18(19)25-13-20(23)21-17-8-4-6-15-5-2-3-7-16(15)17/h2-3,5,7,9-12,17H,4,6,8,13H2,1H3,(H,21,23). The smallest absolute Gasteiger partial charge is 0.258 e. The highest BCUT2D eigenvalue weighted by Gasteiger charge is 2.21. The normalized spacial score (nSPS) is 15.8. The van der Waals surface area contributed by atoms with Crippen molar-refractivity contribution < 1.29 is 19.1 Å². The van der Waals surface area contributed by atoms with Crippen LogP contribution in [0, 0.1) is 0 Å². The van der Waals surface area contributed by atoms with Gasteiger partial charge in [0.1, 0.15) is 6.29 Å². The number of nitrogens with one attached hydrogen (secondary N) is 1. The molecule has 5 heteroatoms. The molecule has 1 aliphatic carbocycles. The van der Waals surface area contributed by atoms with Crippen molar-refractivity contribution in [1.82, 2.24) is 5.32 Å². The Kier molecular flexibility index (Phi) is 5.33. The van der Waals surface area contributed by atoms with E-state index in [0.29, 0.717) is 17.1 Å². The summed E-state index contributed by atoms with van der Waals surface area (Å²) < 4.78 is 10.8. The van der Waals surface area contributed by atoms with E-state index >= 15 is 0 Å². The molecule has 0 saturated heterocycles. The molecule has 1 N–H and O–H groups in total. The summed E-state index contributed by atoms with van der Waals surface area (Å²) in [6.07, 6.45) is 3.78. The largest absolute Gasteiger partial charge is 0.493 e. The van der Waals surface area contributed by atoms with E-state index in [-0.39, 0.29) is 18.6 Å². The number of hydrogen-bond donors (Lipinski definition) is 1. The second kappa shape index (κ2) is 7.83. The van der Waals surface area contributed by atoms with Crippen molar-refractivity contribution in [3.05, 3.63) is 59.2 Å². The summed E-state index contributed by atoms with van der Waals surface area (Å²) in [7, 11) is 1.50. The molecule has 2 aromatic carbocycles. The number of hydrogen-bond acceptors (Lipinski definition) is 4. The van der Waals surface area contributed by atoms with E-state index in [1.807, 2.05) is 12.1 Å². The lowest BCUT2D eigenvalue weighted by atomic mass is 9.88. The van der Waals surface area contributed by atoms with E-state index in [1.54, 1.807) is 18.2 Å². The summed E-state index contributed by atoms with van der Waals surface area (Å²) in [5, 5.41) is 3.04. The van der Waals surface area contributed by atoms with Gasteiger partial charge in [-0.3, -0.25) is 9.59 Å². The van der Waals surface area contributed by atoms with Crippen molar-refractivity contribution in [2.45, 2.75) is 25.3 Å². The van der Waals surface area contributed by atoms with Crippen LogP contribution in [0.3, 0.4) is 0 Å². The molecule has 0 heterocycles. The van der Waals surface area contributed by atoms with Gasteiger partial charge in [-0.1, -0.05) is 24.3 Å². The van der Waals surface area contributed by atoms with Crippen molar-refractivity contribution in [2.24, 2.45) is 0 Å². The quantitative estimate of drug-likeness (QED) is 0.822. The summed E-state index contributed by atoms with van der Waals surface area (Å²) >= 11 is 0. The maximum Gasteiger partial charge on any atom is 0.258 e. The van der Waals surface area contributed by atoms with Crippen LogP contribution in [0.2, 0.25) is 0 Å². The molecule has 3 rings (SSSR count). The molecule has 1 atom stereocenters. The Morgan fingerprint density at radius 1 is 1.24 bits per heavy atom. The Hall–Kier alpha value is -2.82. The molecule has 1 amide bonds. The number of aryl methyl sites for hydroxylation is 1. The van der Waals surface area contributed by atoms with Gasteiger partial charge in [0.05, 0.1) is 13.2 Å². The van der Waals surface area contributed by atoms with Gasteiger partial charge in [0.2, 0.25) is 0 Å². The van der Waals surface area contributed by atoms with Gasteiger partial charge in [-0.05, 0) is 48.6 Å². The van der Waals surface area contributed by atoms with E-state index in [1.165, 1.54) is 18.2 Å². The average Bonchev–Trinajstić information content (AvgIpc) is 2.66. The van der Waals surface area contributed by atoms with Crippen LogP contribution in [-0.2, 0) is 11.2 Å². The molecule has 0 spiro atoms. The molecule has 0 saturated carbocycles. The van der Waals surface area contributed by atoms with E-state index in [9.17, 15) is 9.59 Å². The minimum Gasteiger partial charge on any atom is -0.493 e. The fourth-order valence-corrected chi connectivity index (χ4v) is 3.16. The van der Waals surface area contributed by atoms with Crippen LogP contribution in [0.1, 0.15) is 40.4 Å². The van der Waals surface area contributed by atoms with Crippen LogP contribution in [0.25, 0.3) is 0 Å². The second-order valence-corrected chi connectivity index (χ2v) is 6.03. The van der Waals surface area contributed by atoms with Gasteiger partial charge in [0.25, 0.3) is 5.91 Å². The lowest BCUT2D eigenvalue weighted by molar-refractivity contribution is -0.124. The fourth-order valence-electron chi connectivity index (χ4n) is 3.16. The minimum atomic E-state index is -0.178. The average molecular weight is 339 g/mol.